The van der Waals surface area contributed by atoms with E-state index in [-0.39, 0.29) is 42.7 Å². The van der Waals surface area contributed by atoms with Crippen molar-refractivity contribution in [2.45, 2.75) is 26.4 Å². The van der Waals surface area contributed by atoms with Gasteiger partial charge in [-0.05, 0) is 11.5 Å². The van der Waals surface area contributed by atoms with Gasteiger partial charge in [0.15, 0.2) is 0 Å². The van der Waals surface area contributed by atoms with Gasteiger partial charge in [0.05, 0.1) is 12.2 Å². The number of amides is 1. The second-order valence-corrected chi connectivity index (χ2v) is 5.83. The van der Waals surface area contributed by atoms with Gasteiger partial charge in [-0.2, -0.15) is 0 Å². The van der Waals surface area contributed by atoms with Gasteiger partial charge in [0.25, 0.3) is 0 Å². The Morgan fingerprint density at radius 1 is 1.25 bits per heavy atom. The smallest absolute Gasteiger partial charge is 0.224 e. The average Bonchev–Trinajstić information content (AvgIpc) is 3.05. The highest BCUT2D eigenvalue weighted by molar-refractivity contribution is 5.85. The molecule has 3 unspecified atom stereocenters. The molecule has 0 aliphatic heterocycles. The zero-order valence-electron chi connectivity index (χ0n) is 14.0. The van der Waals surface area contributed by atoms with Crippen molar-refractivity contribution in [2.75, 3.05) is 6.54 Å². The SMILES string of the molecule is CC(CNC(=O)C(C)C(N)c1ccccc1)Cn1ccnc1.Cl.Cl. The Balaban J connectivity index is 0.00000264. The van der Waals surface area contributed by atoms with E-state index in [0.29, 0.717) is 12.5 Å². The predicted octanol–water partition coefficient (Wildman–Crippen LogP) is 2.82. The van der Waals surface area contributed by atoms with E-state index < -0.39 is 0 Å². The Bertz CT molecular complexity index is 578. The fourth-order valence-electron chi connectivity index (χ4n) is 2.38. The van der Waals surface area contributed by atoms with Crippen LogP contribution in [0.5, 0.6) is 0 Å². The normalized spacial score (nSPS) is 13.8. The lowest BCUT2D eigenvalue weighted by Crippen LogP contribution is -2.38. The monoisotopic (exact) mass is 372 g/mol. The van der Waals surface area contributed by atoms with Crippen molar-refractivity contribution in [2.24, 2.45) is 17.6 Å². The fraction of sp³-hybridized carbons (Fsp3) is 0.412. The highest BCUT2D eigenvalue weighted by Gasteiger charge is 2.22. The van der Waals surface area contributed by atoms with Gasteiger partial charge in [-0.3, -0.25) is 4.79 Å². The molecule has 2 aromatic rings. The first-order chi connectivity index (χ1) is 10.6. The van der Waals surface area contributed by atoms with Crippen LogP contribution in [0.4, 0.5) is 0 Å². The summed E-state index contributed by atoms with van der Waals surface area (Å²) in [5.41, 5.74) is 7.17. The van der Waals surface area contributed by atoms with Gasteiger partial charge < -0.3 is 15.6 Å². The highest BCUT2D eigenvalue weighted by Crippen LogP contribution is 2.19. The third-order valence-corrected chi connectivity index (χ3v) is 3.84. The van der Waals surface area contributed by atoms with Crippen LogP contribution >= 0.6 is 24.8 Å². The van der Waals surface area contributed by atoms with Crippen molar-refractivity contribution in [1.29, 1.82) is 0 Å². The minimum absolute atomic E-state index is 0. The minimum Gasteiger partial charge on any atom is -0.355 e. The van der Waals surface area contributed by atoms with Crippen LogP contribution in [0, 0.1) is 11.8 Å². The molecule has 24 heavy (non-hydrogen) atoms. The number of hydrogen-bond acceptors (Lipinski definition) is 3. The van der Waals surface area contributed by atoms with Crippen LogP contribution in [0.25, 0.3) is 0 Å². The molecule has 7 heteroatoms. The molecule has 0 aliphatic carbocycles. The molecule has 3 atom stereocenters. The Kier molecular flexibility index (Phi) is 10.4. The van der Waals surface area contributed by atoms with Gasteiger partial charge >= 0.3 is 0 Å². The van der Waals surface area contributed by atoms with Gasteiger partial charge in [-0.1, -0.05) is 44.2 Å². The molecule has 1 amide bonds. The summed E-state index contributed by atoms with van der Waals surface area (Å²) in [4.78, 5) is 16.3. The van der Waals surface area contributed by atoms with Crippen LogP contribution in [0.15, 0.2) is 49.1 Å². The van der Waals surface area contributed by atoms with Crippen LogP contribution in [0.2, 0.25) is 0 Å². The number of benzene rings is 1. The number of hydrogen-bond donors (Lipinski definition) is 2. The van der Waals surface area contributed by atoms with E-state index in [0.717, 1.165) is 12.1 Å². The first-order valence-electron chi connectivity index (χ1n) is 7.62. The minimum atomic E-state index is -0.287. The van der Waals surface area contributed by atoms with Crippen molar-refractivity contribution in [3.8, 4) is 0 Å². The maximum atomic E-state index is 12.3. The second-order valence-electron chi connectivity index (χ2n) is 5.83. The molecule has 0 radical (unpaired) electrons. The number of imidazole rings is 1. The molecule has 5 nitrogen and oxygen atoms in total. The van der Waals surface area contributed by atoms with Crippen LogP contribution < -0.4 is 11.1 Å². The Hall–Kier alpha value is -1.56. The van der Waals surface area contributed by atoms with Crippen molar-refractivity contribution in [3.05, 3.63) is 54.6 Å². The summed E-state index contributed by atoms with van der Waals surface area (Å²) in [5, 5.41) is 2.99. The topological polar surface area (TPSA) is 72.9 Å². The number of nitrogens with two attached hydrogens (primary N) is 1. The van der Waals surface area contributed by atoms with Crippen molar-refractivity contribution >= 4 is 30.7 Å². The first-order valence-corrected chi connectivity index (χ1v) is 7.62. The first kappa shape index (κ1) is 22.4. The van der Waals surface area contributed by atoms with E-state index >= 15 is 0 Å². The zero-order chi connectivity index (χ0) is 15.9. The largest absolute Gasteiger partial charge is 0.355 e. The third-order valence-electron chi connectivity index (χ3n) is 3.84. The molecule has 2 rings (SSSR count). The summed E-state index contributed by atoms with van der Waals surface area (Å²) in [6, 6.07) is 9.44. The average molecular weight is 373 g/mol. The molecule has 1 heterocycles. The standard InChI is InChI=1S/C17H24N4O.2ClH/c1-13(11-21-9-8-19-12-21)10-20-17(22)14(2)16(18)15-6-4-3-5-7-15;;/h3-9,12-14,16H,10-11,18H2,1-2H3,(H,20,22);2*1H. The quantitative estimate of drug-likeness (QED) is 0.784. The van der Waals surface area contributed by atoms with Crippen molar-refractivity contribution in [3.63, 3.8) is 0 Å². The second kappa shape index (κ2) is 11.1. The van der Waals surface area contributed by atoms with Gasteiger partial charge in [0.1, 0.15) is 0 Å². The van der Waals surface area contributed by atoms with E-state index in [1.807, 2.05) is 48.0 Å². The summed E-state index contributed by atoms with van der Waals surface area (Å²) in [6.45, 7) is 5.43. The fourth-order valence-corrected chi connectivity index (χ4v) is 2.38. The van der Waals surface area contributed by atoms with Gasteiger partial charge in [0.2, 0.25) is 5.91 Å². The molecule has 0 saturated carbocycles. The predicted molar refractivity (Wildman–Crippen MR) is 101 cm³/mol. The molecular formula is C17H26Cl2N4O. The van der Waals surface area contributed by atoms with Gasteiger partial charge in [-0.15, -0.1) is 24.8 Å². The lowest BCUT2D eigenvalue weighted by Gasteiger charge is -2.21. The molecule has 3 N–H and O–H groups in total. The molecule has 0 bridgehead atoms. The maximum absolute atomic E-state index is 12.3. The molecule has 0 spiro atoms. The summed E-state index contributed by atoms with van der Waals surface area (Å²) in [7, 11) is 0. The Morgan fingerprint density at radius 3 is 2.50 bits per heavy atom. The van der Waals surface area contributed by atoms with Gasteiger partial charge in [-0.25, -0.2) is 4.98 Å². The molecular weight excluding hydrogens is 347 g/mol. The number of rotatable bonds is 7. The number of aromatic nitrogens is 2. The van der Waals surface area contributed by atoms with Crippen LogP contribution in [-0.4, -0.2) is 22.0 Å². The molecule has 0 aliphatic rings. The summed E-state index contributed by atoms with van der Waals surface area (Å²) < 4.78 is 2.01. The Labute approximate surface area is 155 Å². The highest BCUT2D eigenvalue weighted by atomic mass is 35.5. The summed E-state index contributed by atoms with van der Waals surface area (Å²) >= 11 is 0. The van der Waals surface area contributed by atoms with Crippen LogP contribution in [0.3, 0.4) is 0 Å². The zero-order valence-corrected chi connectivity index (χ0v) is 15.6. The summed E-state index contributed by atoms with van der Waals surface area (Å²) in [5.74, 6) is 0.0648. The van der Waals surface area contributed by atoms with Crippen molar-refractivity contribution < 1.29 is 4.79 Å². The van der Waals surface area contributed by atoms with E-state index in [4.69, 9.17) is 5.73 Å². The lowest BCUT2D eigenvalue weighted by atomic mass is 9.94. The van der Waals surface area contributed by atoms with E-state index in [2.05, 4.69) is 17.2 Å². The number of carbonyl (C=O) groups is 1. The molecule has 1 aromatic heterocycles. The molecule has 0 saturated heterocycles. The number of halogens is 2. The maximum Gasteiger partial charge on any atom is 0.224 e. The number of nitrogens with zero attached hydrogens (tertiary/aromatic N) is 2. The van der Waals surface area contributed by atoms with Crippen LogP contribution in [-0.2, 0) is 11.3 Å². The molecule has 134 valence electrons. The van der Waals surface area contributed by atoms with Gasteiger partial charge in [0, 0.05) is 31.5 Å². The number of nitrogens with one attached hydrogen (secondary N) is 1. The van der Waals surface area contributed by atoms with E-state index in [1.165, 1.54) is 0 Å². The molecule has 0 fully saturated rings. The van der Waals surface area contributed by atoms with Crippen molar-refractivity contribution in [1.82, 2.24) is 14.9 Å². The lowest BCUT2D eigenvalue weighted by molar-refractivity contribution is -0.125. The molecule has 1 aromatic carbocycles. The summed E-state index contributed by atoms with van der Waals surface area (Å²) in [6.07, 6.45) is 5.46. The number of carbonyl (C=O) groups excluding carboxylic acids is 1. The van der Waals surface area contributed by atoms with Crippen LogP contribution in [0.1, 0.15) is 25.5 Å². The third kappa shape index (κ3) is 6.51. The Morgan fingerprint density at radius 2 is 1.92 bits per heavy atom. The van der Waals surface area contributed by atoms with E-state index in [9.17, 15) is 4.79 Å². The van der Waals surface area contributed by atoms with E-state index in [1.54, 1.807) is 12.5 Å².